The van der Waals surface area contributed by atoms with E-state index in [4.69, 9.17) is 0 Å². The van der Waals surface area contributed by atoms with Crippen molar-refractivity contribution in [3.8, 4) is 0 Å². The van der Waals surface area contributed by atoms with Gasteiger partial charge >= 0.3 is 0 Å². The van der Waals surface area contributed by atoms with E-state index in [0.717, 1.165) is 8.26 Å². The third kappa shape index (κ3) is 2.53. The minimum atomic E-state index is -0.922. The molecule has 0 spiro atoms. The van der Waals surface area contributed by atoms with Crippen LogP contribution in [0.25, 0.3) is 0 Å². The van der Waals surface area contributed by atoms with Gasteiger partial charge in [-0.2, -0.15) is 0 Å². The lowest BCUT2D eigenvalue weighted by atomic mass is 10.1. The number of thiophene rings is 1. The molecule has 1 heterocycles. The Labute approximate surface area is 113 Å². The van der Waals surface area contributed by atoms with Crippen molar-refractivity contribution < 1.29 is 9.50 Å². The van der Waals surface area contributed by atoms with Gasteiger partial charge in [-0.25, -0.2) is 4.39 Å². The molecule has 0 aliphatic heterocycles. The van der Waals surface area contributed by atoms with Crippen molar-refractivity contribution in [3.05, 3.63) is 54.8 Å². The maximum atomic E-state index is 13.5. The van der Waals surface area contributed by atoms with Gasteiger partial charge in [-0.05, 0) is 46.3 Å². The van der Waals surface area contributed by atoms with E-state index in [1.807, 2.05) is 6.07 Å². The summed E-state index contributed by atoms with van der Waals surface area (Å²) in [5.74, 6) is -0.403. The molecular formula is C11H7Br2FOS. The van der Waals surface area contributed by atoms with Gasteiger partial charge in [0.1, 0.15) is 11.9 Å². The number of aliphatic hydroxyl groups is 1. The Hall–Kier alpha value is -0.230. The number of benzene rings is 1. The van der Waals surface area contributed by atoms with Crippen molar-refractivity contribution in [2.24, 2.45) is 0 Å². The number of hydrogen-bond donors (Lipinski definition) is 1. The maximum absolute atomic E-state index is 13.5. The van der Waals surface area contributed by atoms with Crippen LogP contribution in [0, 0.1) is 5.82 Å². The van der Waals surface area contributed by atoms with E-state index < -0.39 is 11.9 Å². The Bertz CT molecular complexity index is 512. The highest BCUT2D eigenvalue weighted by atomic mass is 79.9. The van der Waals surface area contributed by atoms with Crippen molar-refractivity contribution in [1.29, 1.82) is 0 Å². The molecule has 1 atom stereocenters. The van der Waals surface area contributed by atoms with Crippen LogP contribution in [0.2, 0.25) is 0 Å². The molecular weight excluding hydrogens is 359 g/mol. The van der Waals surface area contributed by atoms with Crippen LogP contribution in [0.15, 0.2) is 38.6 Å². The molecule has 2 aromatic rings. The quantitative estimate of drug-likeness (QED) is 0.831. The van der Waals surface area contributed by atoms with Crippen LogP contribution in [-0.2, 0) is 0 Å². The fourth-order valence-electron chi connectivity index (χ4n) is 1.35. The third-order valence-corrected chi connectivity index (χ3v) is 4.29. The van der Waals surface area contributed by atoms with Crippen LogP contribution in [0.1, 0.15) is 16.5 Å². The molecule has 0 bridgehead atoms. The van der Waals surface area contributed by atoms with Crippen LogP contribution in [-0.4, -0.2) is 5.11 Å². The molecule has 1 nitrogen and oxygen atoms in total. The molecule has 84 valence electrons. The molecule has 0 saturated carbocycles. The largest absolute Gasteiger partial charge is 0.383 e. The first-order valence-electron chi connectivity index (χ1n) is 4.46. The van der Waals surface area contributed by atoms with Gasteiger partial charge in [0, 0.05) is 14.9 Å². The zero-order valence-corrected chi connectivity index (χ0v) is 11.9. The van der Waals surface area contributed by atoms with Crippen molar-refractivity contribution in [1.82, 2.24) is 0 Å². The Morgan fingerprint density at radius 3 is 2.56 bits per heavy atom. The number of rotatable bonds is 2. The second-order valence-corrected chi connectivity index (χ2v) is 6.62. The van der Waals surface area contributed by atoms with E-state index in [0.29, 0.717) is 4.88 Å². The fourth-order valence-corrected chi connectivity index (χ4v) is 3.16. The summed E-state index contributed by atoms with van der Waals surface area (Å²) in [4.78, 5) is 0.712. The van der Waals surface area contributed by atoms with E-state index in [1.165, 1.54) is 17.4 Å². The van der Waals surface area contributed by atoms with E-state index in [2.05, 4.69) is 31.9 Å². The molecule has 2 rings (SSSR count). The summed E-state index contributed by atoms with van der Waals surface area (Å²) >= 11 is 7.96. The average molecular weight is 366 g/mol. The van der Waals surface area contributed by atoms with Gasteiger partial charge in [0.2, 0.25) is 0 Å². The van der Waals surface area contributed by atoms with E-state index in [1.54, 1.807) is 18.2 Å². The monoisotopic (exact) mass is 364 g/mol. The molecule has 0 amide bonds. The van der Waals surface area contributed by atoms with Gasteiger partial charge in [-0.1, -0.05) is 15.9 Å². The molecule has 1 N–H and O–H groups in total. The lowest BCUT2D eigenvalue weighted by Crippen LogP contribution is -2.00. The van der Waals surface area contributed by atoms with Crippen molar-refractivity contribution in [2.45, 2.75) is 6.10 Å². The Balaban J connectivity index is 2.40. The second kappa shape index (κ2) is 4.96. The average Bonchev–Trinajstić information content (AvgIpc) is 2.67. The highest BCUT2D eigenvalue weighted by Gasteiger charge is 2.16. The summed E-state index contributed by atoms with van der Waals surface area (Å²) in [7, 11) is 0. The fraction of sp³-hybridized carbons (Fsp3) is 0.0909. The molecule has 1 aromatic carbocycles. The summed E-state index contributed by atoms with van der Waals surface area (Å²) < 4.78 is 15.2. The smallest absolute Gasteiger partial charge is 0.129 e. The molecule has 16 heavy (non-hydrogen) atoms. The van der Waals surface area contributed by atoms with E-state index in [-0.39, 0.29) is 5.56 Å². The first-order chi connectivity index (χ1) is 7.58. The second-order valence-electron chi connectivity index (χ2n) is 3.21. The van der Waals surface area contributed by atoms with Gasteiger partial charge in [-0.15, -0.1) is 11.3 Å². The molecule has 1 aromatic heterocycles. The van der Waals surface area contributed by atoms with Gasteiger partial charge < -0.3 is 5.11 Å². The van der Waals surface area contributed by atoms with Crippen molar-refractivity contribution in [3.63, 3.8) is 0 Å². The molecule has 1 unspecified atom stereocenters. The number of aliphatic hydroxyl groups excluding tert-OH is 1. The molecule has 0 aliphatic carbocycles. The lowest BCUT2D eigenvalue weighted by molar-refractivity contribution is 0.218. The predicted molar refractivity (Wildman–Crippen MR) is 70.2 cm³/mol. The van der Waals surface area contributed by atoms with E-state index in [9.17, 15) is 9.50 Å². The number of hydrogen-bond acceptors (Lipinski definition) is 2. The van der Waals surface area contributed by atoms with Crippen molar-refractivity contribution >= 4 is 43.2 Å². The predicted octanol–water partition coefficient (Wildman–Crippen LogP) is 4.49. The van der Waals surface area contributed by atoms with Crippen LogP contribution in [0.4, 0.5) is 4.39 Å². The Morgan fingerprint density at radius 1 is 1.19 bits per heavy atom. The highest BCUT2D eigenvalue weighted by Crippen LogP contribution is 2.33. The summed E-state index contributed by atoms with van der Waals surface area (Å²) in [6, 6.07) is 8.15. The SMILES string of the molecule is OC(c1ccc(Br)s1)c1cc(Br)ccc1F. The summed E-state index contributed by atoms with van der Waals surface area (Å²) in [5, 5.41) is 10.0. The molecule has 5 heteroatoms. The van der Waals surface area contributed by atoms with Gasteiger partial charge in [0.05, 0.1) is 3.79 Å². The highest BCUT2D eigenvalue weighted by molar-refractivity contribution is 9.11. The topological polar surface area (TPSA) is 20.2 Å². The maximum Gasteiger partial charge on any atom is 0.129 e. The summed E-state index contributed by atoms with van der Waals surface area (Å²) in [6.07, 6.45) is -0.922. The Kier molecular flexibility index (Phi) is 3.79. The zero-order chi connectivity index (χ0) is 11.7. The minimum Gasteiger partial charge on any atom is -0.383 e. The molecule has 0 saturated heterocycles. The zero-order valence-electron chi connectivity index (χ0n) is 7.95. The molecule has 0 fully saturated rings. The van der Waals surface area contributed by atoms with Gasteiger partial charge in [-0.3, -0.25) is 0 Å². The summed E-state index contributed by atoms with van der Waals surface area (Å²) in [5.41, 5.74) is 0.281. The van der Waals surface area contributed by atoms with Crippen molar-refractivity contribution in [2.75, 3.05) is 0 Å². The van der Waals surface area contributed by atoms with Crippen LogP contribution in [0.5, 0.6) is 0 Å². The minimum absolute atomic E-state index is 0.281. The van der Waals surface area contributed by atoms with Gasteiger partial charge in [0.15, 0.2) is 0 Å². The molecule has 0 radical (unpaired) electrons. The van der Waals surface area contributed by atoms with Crippen LogP contribution in [0.3, 0.4) is 0 Å². The van der Waals surface area contributed by atoms with Crippen LogP contribution >= 0.6 is 43.2 Å². The first kappa shape index (κ1) is 12.2. The summed E-state index contributed by atoms with van der Waals surface area (Å²) in [6.45, 7) is 0. The lowest BCUT2D eigenvalue weighted by Gasteiger charge is -2.10. The first-order valence-corrected chi connectivity index (χ1v) is 6.86. The van der Waals surface area contributed by atoms with E-state index >= 15 is 0 Å². The van der Waals surface area contributed by atoms with Gasteiger partial charge in [0.25, 0.3) is 0 Å². The van der Waals surface area contributed by atoms with Crippen LogP contribution < -0.4 is 0 Å². The standard InChI is InChI=1S/C11H7Br2FOS/c12-6-1-2-8(14)7(5-6)11(15)9-3-4-10(13)16-9/h1-5,11,15H. The normalized spacial score (nSPS) is 12.8. The molecule has 0 aliphatic rings. The third-order valence-electron chi connectivity index (χ3n) is 2.12. The number of halogens is 3. The Morgan fingerprint density at radius 2 is 1.94 bits per heavy atom.